The highest BCUT2D eigenvalue weighted by Crippen LogP contribution is 2.25. The van der Waals surface area contributed by atoms with Crippen molar-refractivity contribution >= 4 is 11.6 Å². The molecule has 0 saturated heterocycles. The number of carbonyl (C=O) groups is 1. The van der Waals surface area contributed by atoms with Crippen LogP contribution in [0.5, 0.6) is 0 Å². The van der Waals surface area contributed by atoms with E-state index in [9.17, 15) is 9.90 Å². The van der Waals surface area contributed by atoms with Crippen LogP contribution in [0.2, 0.25) is 0 Å². The number of amides is 1. The Labute approximate surface area is 124 Å². The SMILES string of the molecule is CC(C)C(O)C(C)(C)CNC(=O)c1ccc2nncn2c1. The first kappa shape index (κ1) is 15.4. The summed E-state index contributed by atoms with van der Waals surface area (Å²) in [7, 11) is 0. The molecule has 0 saturated carbocycles. The van der Waals surface area contributed by atoms with E-state index < -0.39 is 6.10 Å². The van der Waals surface area contributed by atoms with Crippen LogP contribution in [-0.4, -0.2) is 38.3 Å². The first-order valence-corrected chi connectivity index (χ1v) is 7.07. The minimum absolute atomic E-state index is 0.144. The lowest BCUT2D eigenvalue weighted by molar-refractivity contribution is 0.0138. The van der Waals surface area contributed by atoms with Crippen LogP contribution in [0.25, 0.3) is 5.65 Å². The lowest BCUT2D eigenvalue weighted by atomic mass is 9.80. The third-order valence-electron chi connectivity index (χ3n) is 3.69. The van der Waals surface area contributed by atoms with E-state index in [1.54, 1.807) is 29.1 Å². The number of rotatable bonds is 5. The lowest BCUT2D eigenvalue weighted by Gasteiger charge is -2.33. The number of nitrogens with zero attached hydrogens (tertiary/aromatic N) is 3. The maximum absolute atomic E-state index is 12.2. The number of pyridine rings is 1. The molecule has 0 bridgehead atoms. The molecular formula is C15H22N4O2. The third-order valence-corrected chi connectivity index (χ3v) is 3.69. The van der Waals surface area contributed by atoms with Crippen molar-refractivity contribution in [2.45, 2.75) is 33.8 Å². The molecule has 2 heterocycles. The van der Waals surface area contributed by atoms with E-state index in [1.807, 2.05) is 27.7 Å². The quantitative estimate of drug-likeness (QED) is 0.874. The molecule has 21 heavy (non-hydrogen) atoms. The van der Waals surface area contributed by atoms with Gasteiger partial charge in [-0.3, -0.25) is 9.20 Å². The monoisotopic (exact) mass is 290 g/mol. The molecule has 6 heteroatoms. The van der Waals surface area contributed by atoms with Gasteiger partial charge in [-0.2, -0.15) is 0 Å². The highest BCUT2D eigenvalue weighted by molar-refractivity contribution is 5.94. The summed E-state index contributed by atoms with van der Waals surface area (Å²) >= 11 is 0. The zero-order chi connectivity index (χ0) is 15.6. The summed E-state index contributed by atoms with van der Waals surface area (Å²) in [4.78, 5) is 12.2. The highest BCUT2D eigenvalue weighted by atomic mass is 16.3. The van der Waals surface area contributed by atoms with Gasteiger partial charge < -0.3 is 10.4 Å². The average Bonchev–Trinajstić information content (AvgIpc) is 2.91. The first-order valence-electron chi connectivity index (χ1n) is 7.07. The standard InChI is InChI=1S/C15H22N4O2/c1-10(2)13(20)15(3,4)8-16-14(21)11-5-6-12-18-17-9-19(12)7-11/h5-7,9-10,13,20H,8H2,1-4H3,(H,16,21). The van der Waals surface area contributed by atoms with Gasteiger partial charge in [-0.1, -0.05) is 27.7 Å². The molecule has 0 aliphatic rings. The molecule has 6 nitrogen and oxygen atoms in total. The van der Waals surface area contributed by atoms with Gasteiger partial charge in [0, 0.05) is 18.2 Å². The fourth-order valence-electron chi connectivity index (χ4n) is 2.38. The zero-order valence-corrected chi connectivity index (χ0v) is 12.9. The Bertz CT molecular complexity index is 633. The van der Waals surface area contributed by atoms with Gasteiger partial charge in [0.15, 0.2) is 5.65 Å². The van der Waals surface area contributed by atoms with Crippen molar-refractivity contribution in [3.63, 3.8) is 0 Å². The smallest absolute Gasteiger partial charge is 0.252 e. The topological polar surface area (TPSA) is 79.5 Å². The van der Waals surface area contributed by atoms with Crippen molar-refractivity contribution in [3.05, 3.63) is 30.2 Å². The second-order valence-corrected chi connectivity index (χ2v) is 6.37. The number of hydrogen-bond donors (Lipinski definition) is 2. The van der Waals surface area contributed by atoms with Crippen molar-refractivity contribution in [1.29, 1.82) is 0 Å². The van der Waals surface area contributed by atoms with Crippen LogP contribution in [0.15, 0.2) is 24.7 Å². The first-order chi connectivity index (χ1) is 9.81. The number of nitrogens with one attached hydrogen (secondary N) is 1. The summed E-state index contributed by atoms with van der Waals surface area (Å²) in [6.07, 6.45) is 2.77. The summed E-state index contributed by atoms with van der Waals surface area (Å²) in [5.41, 5.74) is 0.851. The van der Waals surface area contributed by atoms with Gasteiger partial charge >= 0.3 is 0 Å². The Morgan fingerprint density at radius 2 is 2.14 bits per heavy atom. The molecule has 0 aromatic carbocycles. The maximum Gasteiger partial charge on any atom is 0.252 e. The predicted molar refractivity (Wildman–Crippen MR) is 79.9 cm³/mol. The molecule has 114 valence electrons. The van der Waals surface area contributed by atoms with Gasteiger partial charge in [0.2, 0.25) is 0 Å². The second-order valence-electron chi connectivity index (χ2n) is 6.37. The molecular weight excluding hydrogens is 268 g/mol. The molecule has 1 amide bonds. The number of carbonyl (C=O) groups excluding carboxylic acids is 1. The summed E-state index contributed by atoms with van der Waals surface area (Å²) in [5, 5.41) is 20.7. The van der Waals surface area contributed by atoms with Crippen molar-refractivity contribution < 1.29 is 9.90 Å². The largest absolute Gasteiger partial charge is 0.392 e. The molecule has 0 aliphatic carbocycles. The number of aliphatic hydroxyl groups excluding tert-OH is 1. The molecule has 1 atom stereocenters. The summed E-state index contributed by atoms with van der Waals surface area (Å²) in [6, 6.07) is 3.46. The number of hydrogen-bond acceptors (Lipinski definition) is 4. The fraction of sp³-hybridized carbons (Fsp3) is 0.533. The Hall–Kier alpha value is -1.95. The molecule has 2 aromatic heterocycles. The third kappa shape index (κ3) is 3.39. The highest BCUT2D eigenvalue weighted by Gasteiger charge is 2.30. The molecule has 0 spiro atoms. The van der Waals surface area contributed by atoms with E-state index in [-0.39, 0.29) is 17.2 Å². The van der Waals surface area contributed by atoms with Gasteiger partial charge in [-0.15, -0.1) is 10.2 Å². The minimum atomic E-state index is -0.474. The van der Waals surface area contributed by atoms with E-state index >= 15 is 0 Å². The van der Waals surface area contributed by atoms with Gasteiger partial charge in [0.25, 0.3) is 5.91 Å². The van der Waals surface area contributed by atoms with E-state index in [0.717, 1.165) is 0 Å². The zero-order valence-electron chi connectivity index (χ0n) is 12.9. The van der Waals surface area contributed by atoms with Crippen LogP contribution >= 0.6 is 0 Å². The number of aromatic nitrogens is 3. The molecule has 0 radical (unpaired) electrons. The van der Waals surface area contributed by atoms with Crippen LogP contribution < -0.4 is 5.32 Å². The van der Waals surface area contributed by atoms with E-state index in [2.05, 4.69) is 15.5 Å². The van der Waals surface area contributed by atoms with E-state index in [0.29, 0.717) is 17.8 Å². The van der Waals surface area contributed by atoms with Crippen molar-refractivity contribution in [1.82, 2.24) is 19.9 Å². The Morgan fingerprint density at radius 1 is 1.43 bits per heavy atom. The van der Waals surface area contributed by atoms with Crippen LogP contribution in [0, 0.1) is 11.3 Å². The van der Waals surface area contributed by atoms with Crippen LogP contribution in [-0.2, 0) is 0 Å². The molecule has 2 rings (SSSR count). The fourth-order valence-corrected chi connectivity index (χ4v) is 2.38. The summed E-state index contributed by atoms with van der Waals surface area (Å²) in [5.74, 6) is -0.0279. The van der Waals surface area contributed by atoms with Gasteiger partial charge in [0.05, 0.1) is 11.7 Å². The Morgan fingerprint density at radius 3 is 2.81 bits per heavy atom. The van der Waals surface area contributed by atoms with Crippen molar-refractivity contribution in [3.8, 4) is 0 Å². The minimum Gasteiger partial charge on any atom is -0.392 e. The van der Waals surface area contributed by atoms with E-state index in [4.69, 9.17) is 0 Å². The molecule has 2 N–H and O–H groups in total. The van der Waals surface area contributed by atoms with Crippen LogP contribution in [0.3, 0.4) is 0 Å². The Balaban J connectivity index is 2.04. The van der Waals surface area contributed by atoms with E-state index in [1.165, 1.54) is 0 Å². The van der Waals surface area contributed by atoms with Gasteiger partial charge in [0.1, 0.15) is 6.33 Å². The normalized spacial score (nSPS) is 13.6. The Kier molecular flexibility index (Phi) is 4.27. The van der Waals surface area contributed by atoms with Crippen molar-refractivity contribution in [2.75, 3.05) is 6.54 Å². The number of aliphatic hydroxyl groups is 1. The summed E-state index contributed by atoms with van der Waals surface area (Å²) in [6.45, 7) is 8.23. The second kappa shape index (κ2) is 5.81. The maximum atomic E-state index is 12.2. The summed E-state index contributed by atoms with van der Waals surface area (Å²) < 4.78 is 1.70. The van der Waals surface area contributed by atoms with Gasteiger partial charge in [-0.25, -0.2) is 0 Å². The average molecular weight is 290 g/mol. The van der Waals surface area contributed by atoms with Crippen LogP contribution in [0.4, 0.5) is 0 Å². The molecule has 0 fully saturated rings. The van der Waals surface area contributed by atoms with Crippen LogP contribution in [0.1, 0.15) is 38.1 Å². The predicted octanol–water partition coefficient (Wildman–Crippen LogP) is 1.50. The molecule has 2 aromatic rings. The lowest BCUT2D eigenvalue weighted by Crippen LogP contribution is -2.43. The van der Waals surface area contributed by atoms with Gasteiger partial charge in [-0.05, 0) is 18.1 Å². The van der Waals surface area contributed by atoms with Crippen molar-refractivity contribution in [2.24, 2.45) is 11.3 Å². The molecule has 1 unspecified atom stereocenters. The number of fused-ring (bicyclic) bond motifs is 1. The molecule has 0 aliphatic heterocycles.